The number of likely N-dealkylation sites (N-methyl/N-ethyl adjacent to an activating group) is 1. The summed E-state index contributed by atoms with van der Waals surface area (Å²) in [6, 6.07) is 2.53. The molecule has 96 valence electrons. The minimum absolute atomic E-state index is 0.0749. The maximum atomic E-state index is 11.8. The van der Waals surface area contributed by atoms with Crippen molar-refractivity contribution >= 4 is 5.91 Å². The molecular formula is C13H23N3O. The number of amides is 1. The molecule has 1 rings (SSSR count). The highest BCUT2D eigenvalue weighted by atomic mass is 16.1. The number of carbonyl (C=O) groups is 1. The predicted molar refractivity (Wildman–Crippen MR) is 67.2 cm³/mol. The lowest BCUT2D eigenvalue weighted by molar-refractivity contribution is -0.124. The standard InChI is InChI=1S/C13H23N3O/c1-4-16-7-5-6-11(16)9-15-13(17)12(8-14)10(2)3/h10-12H,4-7,9H2,1-3H3,(H,15,17). The first-order chi connectivity index (χ1) is 8.10. The molecule has 0 bridgehead atoms. The van der Waals surface area contributed by atoms with Crippen molar-refractivity contribution in [3.8, 4) is 6.07 Å². The second-order valence-corrected chi connectivity index (χ2v) is 5.02. The van der Waals surface area contributed by atoms with Crippen molar-refractivity contribution in [2.75, 3.05) is 19.6 Å². The monoisotopic (exact) mass is 237 g/mol. The van der Waals surface area contributed by atoms with Gasteiger partial charge in [-0.25, -0.2) is 0 Å². The van der Waals surface area contributed by atoms with Crippen molar-refractivity contribution in [2.45, 2.75) is 39.7 Å². The van der Waals surface area contributed by atoms with Crippen LogP contribution in [0.2, 0.25) is 0 Å². The van der Waals surface area contributed by atoms with Gasteiger partial charge in [0.1, 0.15) is 5.92 Å². The minimum atomic E-state index is -0.522. The van der Waals surface area contributed by atoms with Crippen molar-refractivity contribution in [3.63, 3.8) is 0 Å². The first kappa shape index (κ1) is 14.0. The summed E-state index contributed by atoms with van der Waals surface area (Å²) in [7, 11) is 0. The first-order valence-electron chi connectivity index (χ1n) is 6.51. The molecule has 1 heterocycles. The largest absolute Gasteiger partial charge is 0.353 e. The van der Waals surface area contributed by atoms with E-state index in [-0.39, 0.29) is 11.8 Å². The highest BCUT2D eigenvalue weighted by Crippen LogP contribution is 2.16. The molecule has 1 aliphatic heterocycles. The van der Waals surface area contributed by atoms with Gasteiger partial charge in [0.05, 0.1) is 6.07 Å². The van der Waals surface area contributed by atoms with E-state index in [9.17, 15) is 4.79 Å². The van der Waals surface area contributed by atoms with Gasteiger partial charge in [0.25, 0.3) is 0 Å². The van der Waals surface area contributed by atoms with Crippen molar-refractivity contribution in [3.05, 3.63) is 0 Å². The highest BCUT2D eigenvalue weighted by molar-refractivity contribution is 5.81. The number of carbonyl (C=O) groups excluding carboxylic acids is 1. The fraction of sp³-hybridized carbons (Fsp3) is 0.846. The van der Waals surface area contributed by atoms with Crippen LogP contribution in [0, 0.1) is 23.2 Å². The minimum Gasteiger partial charge on any atom is -0.353 e. The number of hydrogen-bond acceptors (Lipinski definition) is 3. The smallest absolute Gasteiger partial charge is 0.237 e. The lowest BCUT2D eigenvalue weighted by Gasteiger charge is -2.23. The summed E-state index contributed by atoms with van der Waals surface area (Å²) < 4.78 is 0. The van der Waals surface area contributed by atoms with Crippen LogP contribution in [0.1, 0.15) is 33.6 Å². The van der Waals surface area contributed by atoms with E-state index >= 15 is 0 Å². The number of nitriles is 1. The Morgan fingerprint density at radius 3 is 2.82 bits per heavy atom. The maximum Gasteiger partial charge on any atom is 0.237 e. The van der Waals surface area contributed by atoms with Crippen LogP contribution < -0.4 is 5.32 Å². The van der Waals surface area contributed by atoms with E-state index in [2.05, 4.69) is 23.2 Å². The summed E-state index contributed by atoms with van der Waals surface area (Å²) in [5.74, 6) is -0.567. The molecule has 0 aliphatic carbocycles. The van der Waals surface area contributed by atoms with Crippen LogP contribution in [-0.2, 0) is 4.79 Å². The topological polar surface area (TPSA) is 56.1 Å². The van der Waals surface area contributed by atoms with Crippen molar-refractivity contribution in [2.24, 2.45) is 11.8 Å². The molecule has 2 unspecified atom stereocenters. The zero-order valence-electron chi connectivity index (χ0n) is 11.1. The summed E-state index contributed by atoms with van der Waals surface area (Å²) in [5, 5.41) is 11.9. The highest BCUT2D eigenvalue weighted by Gasteiger charge is 2.26. The van der Waals surface area contributed by atoms with E-state index in [1.165, 1.54) is 6.42 Å². The molecule has 0 aromatic heterocycles. The third kappa shape index (κ3) is 3.71. The van der Waals surface area contributed by atoms with E-state index in [1.54, 1.807) is 0 Å². The molecule has 1 N–H and O–H groups in total. The number of nitrogens with zero attached hydrogens (tertiary/aromatic N) is 2. The molecule has 0 saturated carbocycles. The van der Waals surface area contributed by atoms with E-state index in [0.29, 0.717) is 12.6 Å². The Bertz CT molecular complexity index is 296. The molecule has 1 fully saturated rings. The quantitative estimate of drug-likeness (QED) is 0.786. The zero-order valence-corrected chi connectivity index (χ0v) is 11.1. The van der Waals surface area contributed by atoms with Gasteiger partial charge >= 0.3 is 0 Å². The number of rotatable bonds is 5. The third-order valence-electron chi connectivity index (χ3n) is 3.51. The molecule has 4 nitrogen and oxygen atoms in total. The molecular weight excluding hydrogens is 214 g/mol. The molecule has 4 heteroatoms. The normalized spacial score (nSPS) is 22.4. The van der Waals surface area contributed by atoms with Crippen LogP contribution >= 0.6 is 0 Å². The molecule has 0 aromatic carbocycles. The summed E-state index contributed by atoms with van der Waals surface area (Å²) >= 11 is 0. The van der Waals surface area contributed by atoms with E-state index in [4.69, 9.17) is 5.26 Å². The third-order valence-corrected chi connectivity index (χ3v) is 3.51. The average molecular weight is 237 g/mol. The summed E-state index contributed by atoms with van der Waals surface area (Å²) in [5.41, 5.74) is 0. The number of hydrogen-bond donors (Lipinski definition) is 1. The molecule has 0 spiro atoms. The Kier molecular flexibility index (Phi) is 5.43. The van der Waals surface area contributed by atoms with Crippen LogP contribution in [-0.4, -0.2) is 36.5 Å². The van der Waals surface area contributed by atoms with Crippen LogP contribution in [0.15, 0.2) is 0 Å². The summed E-state index contributed by atoms with van der Waals surface area (Å²) in [4.78, 5) is 14.2. The first-order valence-corrected chi connectivity index (χ1v) is 6.51. The molecule has 0 aromatic rings. The molecule has 0 radical (unpaired) electrons. The lowest BCUT2D eigenvalue weighted by Crippen LogP contribution is -2.42. The second-order valence-electron chi connectivity index (χ2n) is 5.02. The van der Waals surface area contributed by atoms with Crippen molar-refractivity contribution in [1.29, 1.82) is 5.26 Å². The number of nitrogens with one attached hydrogen (secondary N) is 1. The average Bonchev–Trinajstić information content (AvgIpc) is 2.74. The Labute approximate surface area is 104 Å². The van der Waals surface area contributed by atoms with E-state index in [0.717, 1.165) is 19.5 Å². The van der Waals surface area contributed by atoms with Gasteiger partial charge in [0, 0.05) is 12.6 Å². The van der Waals surface area contributed by atoms with Crippen LogP contribution in [0.3, 0.4) is 0 Å². The molecule has 1 saturated heterocycles. The second kappa shape index (κ2) is 6.61. The van der Waals surface area contributed by atoms with Crippen molar-refractivity contribution in [1.82, 2.24) is 10.2 Å². The summed E-state index contributed by atoms with van der Waals surface area (Å²) in [6.45, 7) is 8.79. The Hall–Kier alpha value is -1.08. The van der Waals surface area contributed by atoms with E-state index in [1.807, 2.05) is 13.8 Å². The van der Waals surface area contributed by atoms with Crippen molar-refractivity contribution < 1.29 is 4.79 Å². The molecule has 2 atom stereocenters. The lowest BCUT2D eigenvalue weighted by atomic mass is 9.96. The van der Waals surface area contributed by atoms with Gasteiger partial charge in [0.2, 0.25) is 5.91 Å². The molecule has 1 aliphatic rings. The SMILES string of the molecule is CCN1CCCC1CNC(=O)C(C#N)C(C)C. The fourth-order valence-electron chi connectivity index (χ4n) is 2.38. The Morgan fingerprint density at radius 1 is 1.59 bits per heavy atom. The Morgan fingerprint density at radius 2 is 2.29 bits per heavy atom. The predicted octanol–water partition coefficient (Wildman–Crippen LogP) is 1.38. The van der Waals surface area contributed by atoms with Gasteiger partial charge in [-0.3, -0.25) is 9.69 Å². The molecule has 1 amide bonds. The van der Waals surface area contributed by atoms with Crippen LogP contribution in [0.4, 0.5) is 0 Å². The van der Waals surface area contributed by atoms with Gasteiger partial charge in [0.15, 0.2) is 0 Å². The fourth-order valence-corrected chi connectivity index (χ4v) is 2.38. The Balaban J connectivity index is 2.40. The maximum absolute atomic E-state index is 11.8. The molecule has 17 heavy (non-hydrogen) atoms. The van der Waals surface area contributed by atoms with Gasteiger partial charge < -0.3 is 5.32 Å². The van der Waals surface area contributed by atoms with Gasteiger partial charge in [-0.2, -0.15) is 5.26 Å². The number of likely N-dealkylation sites (tertiary alicyclic amines) is 1. The van der Waals surface area contributed by atoms with Gasteiger partial charge in [-0.05, 0) is 31.8 Å². The van der Waals surface area contributed by atoms with Gasteiger partial charge in [-0.1, -0.05) is 20.8 Å². The van der Waals surface area contributed by atoms with Crippen LogP contribution in [0.25, 0.3) is 0 Å². The van der Waals surface area contributed by atoms with Gasteiger partial charge in [-0.15, -0.1) is 0 Å². The van der Waals surface area contributed by atoms with Crippen LogP contribution in [0.5, 0.6) is 0 Å². The summed E-state index contributed by atoms with van der Waals surface area (Å²) in [6.07, 6.45) is 2.35. The van der Waals surface area contributed by atoms with E-state index < -0.39 is 5.92 Å². The zero-order chi connectivity index (χ0) is 12.8.